The number of hydrogen-bond donors (Lipinski definition) is 1. The topological polar surface area (TPSA) is 49.6 Å². The molecule has 1 aromatic rings. The minimum absolute atomic E-state index is 0.0606. The first-order valence-electron chi connectivity index (χ1n) is 7.29. The highest BCUT2D eigenvalue weighted by atomic mass is 19.4. The van der Waals surface area contributed by atoms with Crippen LogP contribution in [-0.4, -0.2) is 43.0 Å². The predicted octanol–water partition coefficient (Wildman–Crippen LogP) is 2.09. The number of nitrogens with two attached hydrogens (primary N) is 1. The van der Waals surface area contributed by atoms with E-state index in [1.165, 1.54) is 12.1 Å². The van der Waals surface area contributed by atoms with Crippen molar-refractivity contribution in [2.24, 2.45) is 5.73 Å². The van der Waals surface area contributed by atoms with Gasteiger partial charge in [0.2, 0.25) is 5.91 Å². The fraction of sp³-hybridized carbons (Fsp3) is 0.533. The third kappa shape index (κ3) is 3.71. The number of piperazine rings is 1. The Morgan fingerprint density at radius 2 is 1.73 bits per heavy atom. The summed E-state index contributed by atoms with van der Waals surface area (Å²) in [6.07, 6.45) is -3.72. The second kappa shape index (κ2) is 6.56. The smallest absolute Gasteiger partial charge is 0.368 e. The highest BCUT2D eigenvalue weighted by Crippen LogP contribution is 2.30. The number of anilines is 1. The van der Waals surface area contributed by atoms with Crippen LogP contribution in [0.2, 0.25) is 0 Å². The molecule has 0 bridgehead atoms. The van der Waals surface area contributed by atoms with E-state index >= 15 is 0 Å². The quantitative estimate of drug-likeness (QED) is 0.929. The van der Waals surface area contributed by atoms with E-state index in [1.54, 1.807) is 4.90 Å². The van der Waals surface area contributed by atoms with E-state index in [0.29, 0.717) is 32.6 Å². The summed E-state index contributed by atoms with van der Waals surface area (Å²) in [6, 6.07) is 4.63. The van der Waals surface area contributed by atoms with Gasteiger partial charge in [-0.2, -0.15) is 13.2 Å². The lowest BCUT2D eigenvalue weighted by molar-refractivity contribution is -0.137. The molecule has 0 saturated carbocycles. The molecule has 0 unspecified atom stereocenters. The van der Waals surface area contributed by atoms with Crippen LogP contribution >= 0.6 is 0 Å². The summed E-state index contributed by atoms with van der Waals surface area (Å²) < 4.78 is 37.6. The summed E-state index contributed by atoms with van der Waals surface area (Å²) in [7, 11) is 0. The number of benzene rings is 1. The number of carbonyl (C=O) groups excluding carboxylic acids is 1. The average Bonchev–Trinajstić information content (AvgIpc) is 2.53. The third-order valence-electron chi connectivity index (χ3n) is 3.91. The number of hydrogen-bond acceptors (Lipinski definition) is 3. The van der Waals surface area contributed by atoms with Crippen LogP contribution in [0.1, 0.15) is 18.9 Å². The zero-order valence-corrected chi connectivity index (χ0v) is 12.4. The minimum Gasteiger partial charge on any atom is -0.368 e. The fourth-order valence-electron chi connectivity index (χ4n) is 2.46. The van der Waals surface area contributed by atoms with Gasteiger partial charge in [0.05, 0.1) is 11.6 Å². The van der Waals surface area contributed by atoms with Gasteiger partial charge in [-0.15, -0.1) is 0 Å². The van der Waals surface area contributed by atoms with Gasteiger partial charge in [0.25, 0.3) is 0 Å². The maximum absolute atomic E-state index is 12.5. The van der Waals surface area contributed by atoms with Gasteiger partial charge in [0, 0.05) is 31.9 Å². The molecule has 0 spiro atoms. The molecule has 1 aliphatic rings. The van der Waals surface area contributed by atoms with Crippen molar-refractivity contribution in [2.75, 3.05) is 31.1 Å². The van der Waals surface area contributed by atoms with Gasteiger partial charge in [-0.05, 0) is 30.7 Å². The summed E-state index contributed by atoms with van der Waals surface area (Å²) in [5, 5.41) is 0. The van der Waals surface area contributed by atoms with Gasteiger partial charge in [-0.25, -0.2) is 0 Å². The fourth-order valence-corrected chi connectivity index (χ4v) is 2.46. The SMILES string of the molecule is CC[C@@H](N)C(=O)N1CCN(c2ccc(C(F)(F)F)cc2)CC1. The number of rotatable bonds is 3. The lowest BCUT2D eigenvalue weighted by atomic mass is 10.1. The minimum atomic E-state index is -4.32. The Hall–Kier alpha value is -1.76. The van der Waals surface area contributed by atoms with E-state index < -0.39 is 17.8 Å². The Labute approximate surface area is 127 Å². The molecule has 1 heterocycles. The van der Waals surface area contributed by atoms with E-state index in [0.717, 1.165) is 17.8 Å². The zero-order valence-electron chi connectivity index (χ0n) is 12.4. The van der Waals surface area contributed by atoms with Crippen molar-refractivity contribution in [3.63, 3.8) is 0 Å². The van der Waals surface area contributed by atoms with Gasteiger partial charge in [-0.3, -0.25) is 4.79 Å². The maximum Gasteiger partial charge on any atom is 0.416 e. The van der Waals surface area contributed by atoms with Crippen molar-refractivity contribution in [1.82, 2.24) is 4.90 Å². The van der Waals surface area contributed by atoms with Crippen molar-refractivity contribution in [3.8, 4) is 0 Å². The normalized spacial score (nSPS) is 17.5. The van der Waals surface area contributed by atoms with E-state index in [1.807, 2.05) is 11.8 Å². The van der Waals surface area contributed by atoms with E-state index in [9.17, 15) is 18.0 Å². The Morgan fingerprint density at radius 3 is 2.18 bits per heavy atom. The molecule has 122 valence electrons. The Bertz CT molecular complexity index is 508. The van der Waals surface area contributed by atoms with Gasteiger partial charge in [0.15, 0.2) is 0 Å². The molecule has 1 fully saturated rings. The first kappa shape index (κ1) is 16.6. The lowest BCUT2D eigenvalue weighted by Crippen LogP contribution is -2.53. The van der Waals surface area contributed by atoms with Gasteiger partial charge in [-0.1, -0.05) is 6.92 Å². The molecule has 22 heavy (non-hydrogen) atoms. The summed E-state index contributed by atoms with van der Waals surface area (Å²) >= 11 is 0. The Morgan fingerprint density at radius 1 is 1.18 bits per heavy atom. The first-order chi connectivity index (χ1) is 10.3. The van der Waals surface area contributed by atoms with Gasteiger partial charge in [0.1, 0.15) is 0 Å². The zero-order chi connectivity index (χ0) is 16.3. The second-order valence-electron chi connectivity index (χ2n) is 5.37. The lowest BCUT2D eigenvalue weighted by Gasteiger charge is -2.37. The molecule has 7 heteroatoms. The molecular weight excluding hydrogens is 295 g/mol. The molecule has 2 rings (SSSR count). The van der Waals surface area contributed by atoms with Crippen molar-refractivity contribution in [3.05, 3.63) is 29.8 Å². The largest absolute Gasteiger partial charge is 0.416 e. The van der Waals surface area contributed by atoms with Crippen LogP contribution in [0.5, 0.6) is 0 Å². The molecule has 0 radical (unpaired) electrons. The molecule has 1 amide bonds. The molecule has 0 aromatic heterocycles. The van der Waals surface area contributed by atoms with Crippen LogP contribution in [0.25, 0.3) is 0 Å². The maximum atomic E-state index is 12.5. The third-order valence-corrected chi connectivity index (χ3v) is 3.91. The summed E-state index contributed by atoms with van der Waals surface area (Å²) in [6.45, 7) is 4.11. The molecule has 1 atom stereocenters. The van der Waals surface area contributed by atoms with Crippen LogP contribution < -0.4 is 10.6 Å². The number of amides is 1. The van der Waals surface area contributed by atoms with Crippen molar-refractivity contribution in [2.45, 2.75) is 25.6 Å². The summed E-state index contributed by atoms with van der Waals surface area (Å²) in [5.41, 5.74) is 5.82. The highest BCUT2D eigenvalue weighted by Gasteiger charge is 2.30. The Kier molecular flexibility index (Phi) is 4.95. The Balaban J connectivity index is 1.96. The summed E-state index contributed by atoms with van der Waals surface area (Å²) in [4.78, 5) is 15.7. The van der Waals surface area contributed by atoms with Gasteiger partial charge >= 0.3 is 6.18 Å². The van der Waals surface area contributed by atoms with Gasteiger partial charge < -0.3 is 15.5 Å². The predicted molar refractivity (Wildman–Crippen MR) is 78.5 cm³/mol. The number of halogens is 3. The van der Waals surface area contributed by atoms with Crippen LogP contribution in [0.4, 0.5) is 18.9 Å². The van der Waals surface area contributed by atoms with E-state index in [-0.39, 0.29) is 5.91 Å². The summed E-state index contributed by atoms with van der Waals surface area (Å²) in [5.74, 6) is -0.0606. The van der Waals surface area contributed by atoms with Crippen LogP contribution in [0.15, 0.2) is 24.3 Å². The molecule has 1 aromatic carbocycles. The van der Waals surface area contributed by atoms with E-state index in [4.69, 9.17) is 5.73 Å². The van der Waals surface area contributed by atoms with Crippen molar-refractivity contribution < 1.29 is 18.0 Å². The van der Waals surface area contributed by atoms with Crippen LogP contribution in [0.3, 0.4) is 0 Å². The molecule has 4 nitrogen and oxygen atoms in total. The van der Waals surface area contributed by atoms with Crippen molar-refractivity contribution in [1.29, 1.82) is 0 Å². The first-order valence-corrected chi connectivity index (χ1v) is 7.29. The van der Waals surface area contributed by atoms with E-state index in [2.05, 4.69) is 0 Å². The molecule has 1 aliphatic heterocycles. The highest BCUT2D eigenvalue weighted by molar-refractivity contribution is 5.81. The number of alkyl halides is 3. The number of carbonyl (C=O) groups is 1. The second-order valence-corrected chi connectivity index (χ2v) is 5.37. The van der Waals surface area contributed by atoms with Crippen LogP contribution in [-0.2, 0) is 11.0 Å². The van der Waals surface area contributed by atoms with Crippen LogP contribution in [0, 0.1) is 0 Å². The molecular formula is C15H20F3N3O. The monoisotopic (exact) mass is 315 g/mol. The number of nitrogens with zero attached hydrogens (tertiary/aromatic N) is 2. The average molecular weight is 315 g/mol. The standard InChI is InChI=1S/C15H20F3N3O/c1-2-13(19)14(22)21-9-7-20(8-10-21)12-5-3-11(4-6-12)15(16,17)18/h3-6,13H,2,7-10,19H2,1H3/t13-/m1/s1. The molecule has 0 aliphatic carbocycles. The van der Waals surface area contributed by atoms with Crippen molar-refractivity contribution >= 4 is 11.6 Å². The molecule has 2 N–H and O–H groups in total. The molecule has 1 saturated heterocycles.